The zero-order valence-corrected chi connectivity index (χ0v) is 18.0. The van der Waals surface area contributed by atoms with E-state index in [1.54, 1.807) is 28.8 Å². The van der Waals surface area contributed by atoms with Gasteiger partial charge in [0.1, 0.15) is 5.82 Å². The van der Waals surface area contributed by atoms with Crippen molar-refractivity contribution in [3.8, 4) is 0 Å². The van der Waals surface area contributed by atoms with E-state index in [1.807, 2.05) is 36.4 Å². The number of hydrogen-bond donors (Lipinski definition) is 1. The minimum atomic E-state index is -0.637. The average Bonchev–Trinajstić information content (AvgIpc) is 3.08. The second-order valence-corrected chi connectivity index (χ2v) is 8.18. The van der Waals surface area contributed by atoms with E-state index in [1.165, 1.54) is 0 Å². The molecule has 166 valence electrons. The first-order valence-corrected chi connectivity index (χ1v) is 11.1. The lowest BCUT2D eigenvalue weighted by molar-refractivity contribution is -0.119. The van der Waals surface area contributed by atoms with Crippen LogP contribution >= 0.6 is 0 Å². The van der Waals surface area contributed by atoms with E-state index in [2.05, 4.69) is 10.3 Å². The number of amides is 1. The first-order valence-electron chi connectivity index (χ1n) is 11.1. The van der Waals surface area contributed by atoms with Crippen LogP contribution in [-0.2, 0) is 22.5 Å². The van der Waals surface area contributed by atoms with Gasteiger partial charge in [-0.15, -0.1) is 0 Å². The number of rotatable bonds is 4. The second-order valence-electron chi connectivity index (χ2n) is 8.18. The summed E-state index contributed by atoms with van der Waals surface area (Å²) >= 11 is 0. The van der Waals surface area contributed by atoms with Crippen molar-refractivity contribution < 1.29 is 14.3 Å². The fourth-order valence-corrected chi connectivity index (χ4v) is 4.28. The van der Waals surface area contributed by atoms with E-state index in [0.717, 1.165) is 42.3 Å². The fraction of sp³-hybridized carbons (Fsp3) is 0.231. The summed E-state index contributed by atoms with van der Waals surface area (Å²) in [5, 5.41) is 5.19. The number of anilines is 1. The highest BCUT2D eigenvalue weighted by atomic mass is 16.5. The molecule has 0 fully saturated rings. The molecule has 7 heteroatoms. The minimum absolute atomic E-state index is 0.0775. The van der Waals surface area contributed by atoms with E-state index >= 15 is 0 Å². The molecular weight excluding hydrogens is 418 g/mol. The monoisotopic (exact) mass is 441 g/mol. The Labute approximate surface area is 190 Å². The molecule has 0 spiro atoms. The Bertz CT molecular complexity index is 1440. The van der Waals surface area contributed by atoms with Crippen LogP contribution in [0.2, 0.25) is 0 Å². The van der Waals surface area contributed by atoms with Gasteiger partial charge in [0.05, 0.1) is 16.5 Å². The summed E-state index contributed by atoms with van der Waals surface area (Å²) in [5.74, 6) is -0.311. The van der Waals surface area contributed by atoms with Crippen molar-refractivity contribution in [1.82, 2.24) is 9.55 Å². The van der Waals surface area contributed by atoms with Crippen molar-refractivity contribution in [2.75, 3.05) is 11.9 Å². The summed E-state index contributed by atoms with van der Waals surface area (Å²) in [6.07, 6.45) is 3.77. The third-order valence-electron chi connectivity index (χ3n) is 5.95. The number of carbonyl (C=O) groups excluding carboxylic acids is 2. The maximum Gasteiger partial charge on any atom is 0.338 e. The zero-order chi connectivity index (χ0) is 22.8. The van der Waals surface area contributed by atoms with Gasteiger partial charge in [0, 0.05) is 24.0 Å². The van der Waals surface area contributed by atoms with E-state index < -0.39 is 18.5 Å². The third kappa shape index (κ3) is 4.22. The fourth-order valence-electron chi connectivity index (χ4n) is 4.28. The molecule has 0 saturated heterocycles. The molecular formula is C26H23N3O4. The smallest absolute Gasteiger partial charge is 0.338 e. The number of hydrogen-bond acceptors (Lipinski definition) is 5. The average molecular weight is 441 g/mol. The first-order chi connectivity index (χ1) is 16.1. The Kier molecular flexibility index (Phi) is 5.60. The van der Waals surface area contributed by atoms with Crippen molar-refractivity contribution in [2.45, 2.75) is 32.2 Å². The lowest BCUT2D eigenvalue weighted by atomic mass is 10.1. The molecule has 0 saturated carbocycles. The number of nitrogens with one attached hydrogen (secondary N) is 1. The van der Waals surface area contributed by atoms with Gasteiger partial charge in [-0.3, -0.25) is 14.2 Å². The molecule has 7 nitrogen and oxygen atoms in total. The molecule has 1 aromatic heterocycles. The molecule has 0 atom stereocenters. The molecule has 0 aliphatic carbocycles. The van der Waals surface area contributed by atoms with Crippen LogP contribution in [0.5, 0.6) is 0 Å². The molecule has 5 rings (SSSR count). The number of aromatic nitrogens is 2. The van der Waals surface area contributed by atoms with E-state index in [9.17, 15) is 14.4 Å². The summed E-state index contributed by atoms with van der Waals surface area (Å²) in [7, 11) is 0. The molecule has 0 unspecified atom stereocenters. The Morgan fingerprint density at radius 3 is 2.73 bits per heavy atom. The van der Waals surface area contributed by atoms with Crippen molar-refractivity contribution in [2.24, 2.45) is 0 Å². The zero-order valence-electron chi connectivity index (χ0n) is 18.0. The van der Waals surface area contributed by atoms with Gasteiger partial charge in [-0.2, -0.15) is 0 Å². The third-order valence-corrected chi connectivity index (χ3v) is 5.95. The number of aryl methyl sites for hydroxylation is 1. The van der Waals surface area contributed by atoms with Crippen LogP contribution < -0.4 is 10.9 Å². The van der Waals surface area contributed by atoms with E-state index in [-0.39, 0.29) is 11.1 Å². The van der Waals surface area contributed by atoms with Crippen LogP contribution in [0.15, 0.2) is 65.5 Å². The number of benzene rings is 3. The number of nitrogens with zero attached hydrogens (tertiary/aromatic N) is 2. The minimum Gasteiger partial charge on any atom is -0.452 e. The molecule has 2 heterocycles. The maximum absolute atomic E-state index is 12.8. The van der Waals surface area contributed by atoms with Crippen LogP contribution in [0.4, 0.5) is 5.69 Å². The molecule has 1 amide bonds. The van der Waals surface area contributed by atoms with Crippen LogP contribution in [-0.4, -0.2) is 28.0 Å². The highest BCUT2D eigenvalue weighted by Gasteiger charge is 2.17. The number of ether oxygens (including phenoxy) is 1. The Morgan fingerprint density at radius 1 is 0.970 bits per heavy atom. The predicted molar refractivity (Wildman–Crippen MR) is 126 cm³/mol. The van der Waals surface area contributed by atoms with Crippen LogP contribution in [0.1, 0.15) is 35.4 Å². The van der Waals surface area contributed by atoms with Gasteiger partial charge in [-0.05, 0) is 42.5 Å². The number of fused-ring (bicyclic) bond motifs is 3. The molecule has 1 aliphatic heterocycles. The van der Waals surface area contributed by atoms with Gasteiger partial charge >= 0.3 is 5.97 Å². The van der Waals surface area contributed by atoms with E-state index in [4.69, 9.17) is 4.74 Å². The number of carbonyl (C=O) groups is 2. The number of esters is 1. The predicted octanol–water partition coefficient (Wildman–Crippen LogP) is 4.07. The Morgan fingerprint density at radius 2 is 1.82 bits per heavy atom. The van der Waals surface area contributed by atoms with Crippen molar-refractivity contribution in [1.29, 1.82) is 0 Å². The molecule has 0 radical (unpaired) electrons. The summed E-state index contributed by atoms with van der Waals surface area (Å²) in [6, 6.07) is 18.0. The van der Waals surface area contributed by atoms with Gasteiger partial charge in [-0.25, -0.2) is 9.78 Å². The van der Waals surface area contributed by atoms with Gasteiger partial charge < -0.3 is 10.1 Å². The Balaban J connectivity index is 1.31. The SMILES string of the molecule is O=C(COC(=O)c1ccc2c(=O)n3c(nc2c1)CCCCC3)Nc1cccc2ccccc12. The van der Waals surface area contributed by atoms with Crippen molar-refractivity contribution in [3.63, 3.8) is 0 Å². The molecule has 1 aliphatic rings. The summed E-state index contributed by atoms with van der Waals surface area (Å²) in [5.41, 5.74) is 1.31. The summed E-state index contributed by atoms with van der Waals surface area (Å²) < 4.78 is 6.96. The van der Waals surface area contributed by atoms with Crippen molar-refractivity contribution >= 4 is 39.2 Å². The Hall–Kier alpha value is -4.00. The topological polar surface area (TPSA) is 90.3 Å². The van der Waals surface area contributed by atoms with Crippen molar-refractivity contribution in [3.05, 3.63) is 82.4 Å². The van der Waals surface area contributed by atoms with Gasteiger partial charge in [-0.1, -0.05) is 42.8 Å². The first kappa shape index (κ1) is 20.9. The maximum atomic E-state index is 12.8. The van der Waals surface area contributed by atoms with Crippen LogP contribution in [0, 0.1) is 0 Å². The van der Waals surface area contributed by atoms with Crippen LogP contribution in [0.25, 0.3) is 21.7 Å². The molecule has 4 aromatic rings. The lowest BCUT2D eigenvalue weighted by Crippen LogP contribution is -2.25. The van der Waals surface area contributed by atoms with Crippen LogP contribution in [0.3, 0.4) is 0 Å². The molecule has 0 bridgehead atoms. The van der Waals surface area contributed by atoms with Gasteiger partial charge in [0.15, 0.2) is 6.61 Å². The summed E-state index contributed by atoms with van der Waals surface area (Å²) in [6.45, 7) is 0.257. The second kappa shape index (κ2) is 8.86. The molecule has 1 N–H and O–H groups in total. The highest BCUT2D eigenvalue weighted by Crippen LogP contribution is 2.23. The largest absolute Gasteiger partial charge is 0.452 e. The normalized spacial score (nSPS) is 13.3. The van der Waals surface area contributed by atoms with E-state index in [0.29, 0.717) is 23.1 Å². The summed E-state index contributed by atoms with van der Waals surface area (Å²) in [4.78, 5) is 42.4. The van der Waals surface area contributed by atoms with Gasteiger partial charge in [0.2, 0.25) is 0 Å². The van der Waals surface area contributed by atoms with Gasteiger partial charge in [0.25, 0.3) is 11.5 Å². The molecule has 3 aromatic carbocycles. The standard InChI is InChI=1S/C26H23N3O4/c30-24(28-21-10-6-8-17-7-3-4-9-19(17)21)16-33-26(32)18-12-13-20-22(15-18)27-23-11-2-1-5-14-29(23)25(20)31/h3-4,6-10,12-13,15H,1-2,5,11,14,16H2,(H,28,30). The molecule has 33 heavy (non-hydrogen) atoms. The lowest BCUT2D eigenvalue weighted by Gasteiger charge is -2.11. The highest BCUT2D eigenvalue weighted by molar-refractivity contribution is 6.03. The quantitative estimate of drug-likeness (QED) is 0.482.